The maximum Gasteiger partial charge on any atom is 0.293 e. The number of nitrogens with two attached hydrogens (primary N) is 1. The van der Waals surface area contributed by atoms with Crippen molar-refractivity contribution in [1.82, 2.24) is 19.5 Å². The molecule has 4 atom stereocenters. The number of nitro groups is 1. The summed E-state index contributed by atoms with van der Waals surface area (Å²) in [6, 6.07) is 4.80. The van der Waals surface area contributed by atoms with Gasteiger partial charge in [0.25, 0.3) is 11.2 Å². The van der Waals surface area contributed by atoms with Gasteiger partial charge in [-0.15, -0.1) is 0 Å². The van der Waals surface area contributed by atoms with Gasteiger partial charge in [0, 0.05) is 24.7 Å². The van der Waals surface area contributed by atoms with Gasteiger partial charge in [0.1, 0.15) is 24.0 Å². The zero-order valence-corrected chi connectivity index (χ0v) is 20.1. The normalized spacial score (nSPS) is 23.9. The second-order valence-electron chi connectivity index (χ2n) is 9.08. The van der Waals surface area contributed by atoms with Crippen molar-refractivity contribution in [2.24, 2.45) is 5.10 Å². The van der Waals surface area contributed by atoms with Gasteiger partial charge in [-0.3, -0.25) is 24.5 Å². The lowest BCUT2D eigenvalue weighted by Gasteiger charge is -2.28. The first-order chi connectivity index (χ1) is 18.3. The fourth-order valence-corrected chi connectivity index (χ4v) is 4.75. The summed E-state index contributed by atoms with van der Waals surface area (Å²) in [5.74, 6) is -0.305. The number of anilines is 3. The molecule has 1 aromatic carbocycles. The minimum absolute atomic E-state index is 0.0409. The van der Waals surface area contributed by atoms with E-state index in [1.54, 1.807) is 12.1 Å². The number of fused-ring (bicyclic) bond motifs is 1. The fourth-order valence-electron chi connectivity index (χ4n) is 4.75. The van der Waals surface area contributed by atoms with Crippen LogP contribution in [0, 0.1) is 10.1 Å². The van der Waals surface area contributed by atoms with Crippen LogP contribution in [-0.2, 0) is 4.74 Å². The van der Waals surface area contributed by atoms with E-state index >= 15 is 0 Å². The van der Waals surface area contributed by atoms with Crippen LogP contribution in [0.25, 0.3) is 11.2 Å². The summed E-state index contributed by atoms with van der Waals surface area (Å²) in [5.41, 5.74) is 8.41. The van der Waals surface area contributed by atoms with E-state index in [0.717, 1.165) is 32.4 Å². The first-order valence-corrected chi connectivity index (χ1v) is 12.0. The number of ether oxygens (including phenoxy) is 1. The minimum atomic E-state index is -1.50. The molecule has 202 valence electrons. The molecule has 0 amide bonds. The van der Waals surface area contributed by atoms with Gasteiger partial charge in [0.2, 0.25) is 11.9 Å². The molecule has 2 aromatic heterocycles. The van der Waals surface area contributed by atoms with Crippen LogP contribution in [0.15, 0.2) is 28.1 Å². The summed E-state index contributed by atoms with van der Waals surface area (Å²) < 4.78 is 6.79. The molecule has 16 nitrogen and oxygen atoms in total. The molecule has 0 aliphatic carbocycles. The zero-order valence-electron chi connectivity index (χ0n) is 20.1. The maximum absolute atomic E-state index is 12.4. The third kappa shape index (κ3) is 4.65. The van der Waals surface area contributed by atoms with Gasteiger partial charge in [-0.25, -0.2) is 10.4 Å². The molecule has 16 heteroatoms. The molecule has 5 rings (SSSR count). The first-order valence-electron chi connectivity index (χ1n) is 12.0. The predicted octanol–water partition coefficient (Wildman–Crippen LogP) is -0.342. The molecule has 0 radical (unpaired) electrons. The second kappa shape index (κ2) is 10.3. The van der Waals surface area contributed by atoms with Gasteiger partial charge in [-0.2, -0.15) is 10.1 Å². The number of aromatic amines is 1. The summed E-state index contributed by atoms with van der Waals surface area (Å²) in [6.45, 7) is 0.944. The van der Waals surface area contributed by atoms with Crippen molar-refractivity contribution >= 4 is 40.6 Å². The van der Waals surface area contributed by atoms with Crippen molar-refractivity contribution in [2.75, 3.05) is 35.8 Å². The summed E-state index contributed by atoms with van der Waals surface area (Å²) in [4.78, 5) is 36.3. The lowest BCUT2D eigenvalue weighted by Crippen LogP contribution is -2.33. The van der Waals surface area contributed by atoms with Gasteiger partial charge in [0.15, 0.2) is 17.4 Å². The Morgan fingerprint density at radius 2 is 2.03 bits per heavy atom. The highest BCUT2D eigenvalue weighted by Gasteiger charge is 2.45. The van der Waals surface area contributed by atoms with E-state index in [-0.39, 0.29) is 28.7 Å². The Bertz CT molecular complexity index is 1430. The van der Waals surface area contributed by atoms with E-state index in [0.29, 0.717) is 11.3 Å². The number of imidazole rings is 1. The van der Waals surface area contributed by atoms with Crippen LogP contribution < -0.4 is 21.6 Å². The number of nitrogens with zero attached hydrogens (tertiary/aromatic N) is 6. The third-order valence-corrected chi connectivity index (χ3v) is 6.61. The summed E-state index contributed by atoms with van der Waals surface area (Å²) >= 11 is 0. The highest BCUT2D eigenvalue weighted by atomic mass is 16.6. The van der Waals surface area contributed by atoms with Crippen molar-refractivity contribution in [3.8, 4) is 0 Å². The molecule has 7 N–H and O–H groups in total. The third-order valence-electron chi connectivity index (χ3n) is 6.61. The molecule has 2 aliphatic heterocycles. The van der Waals surface area contributed by atoms with E-state index in [1.807, 2.05) is 4.90 Å². The number of nitro benzene ring substituents is 1. The lowest BCUT2D eigenvalue weighted by atomic mass is 10.1. The van der Waals surface area contributed by atoms with Crippen LogP contribution in [0.1, 0.15) is 31.1 Å². The number of nitrogens with one attached hydrogen (secondary N) is 2. The standard InChI is InChI=1S/C22H27N9O7/c23-21-26-18-15(19(35)27-21)25-22(30(18)20-17(34)16(33)14(10-32)38-20)28-24-9-11-4-5-12(13(8-11)31(36)37)29-6-2-1-3-7-29/h4-5,8-9,14,16-17,20,32-34H,1-3,6-7,10H2,(H,25,28)(H3,23,26,27,35)/b24-9+. The Hall–Kier alpha value is -4.12. The number of aliphatic hydroxyl groups excluding tert-OH is 3. The molecule has 2 fully saturated rings. The molecule has 0 saturated carbocycles. The second-order valence-corrected chi connectivity index (χ2v) is 9.08. The van der Waals surface area contributed by atoms with Crippen LogP contribution in [0.5, 0.6) is 0 Å². The van der Waals surface area contributed by atoms with Crippen molar-refractivity contribution in [1.29, 1.82) is 0 Å². The number of hydrogen-bond donors (Lipinski definition) is 6. The average molecular weight is 530 g/mol. The van der Waals surface area contributed by atoms with Crippen LogP contribution in [-0.4, -0.2) is 84.0 Å². The number of aliphatic hydroxyl groups is 3. The lowest BCUT2D eigenvalue weighted by molar-refractivity contribution is -0.384. The van der Waals surface area contributed by atoms with Crippen molar-refractivity contribution in [2.45, 2.75) is 43.8 Å². The summed E-state index contributed by atoms with van der Waals surface area (Å²) in [7, 11) is 0. The number of nitrogen functional groups attached to an aromatic ring is 1. The number of hydrogen-bond acceptors (Lipinski definition) is 13. The van der Waals surface area contributed by atoms with E-state index < -0.39 is 41.6 Å². The smallest absolute Gasteiger partial charge is 0.293 e. The van der Waals surface area contributed by atoms with Gasteiger partial charge in [-0.05, 0) is 25.3 Å². The maximum atomic E-state index is 12.4. The molecule has 4 unspecified atom stereocenters. The number of hydrazone groups is 1. The Morgan fingerprint density at radius 1 is 1.26 bits per heavy atom. The van der Waals surface area contributed by atoms with Crippen LogP contribution in [0.4, 0.5) is 23.3 Å². The van der Waals surface area contributed by atoms with Gasteiger partial charge < -0.3 is 30.7 Å². The van der Waals surface area contributed by atoms with Gasteiger partial charge >= 0.3 is 0 Å². The summed E-state index contributed by atoms with van der Waals surface area (Å²) in [6.07, 6.45) is -0.917. The average Bonchev–Trinajstić information content (AvgIpc) is 3.40. The van der Waals surface area contributed by atoms with Gasteiger partial charge in [0.05, 0.1) is 17.7 Å². The fraction of sp³-hybridized carbons (Fsp3) is 0.455. The Kier molecular flexibility index (Phi) is 6.94. The zero-order chi connectivity index (χ0) is 27.0. The molecule has 2 aliphatic rings. The van der Waals surface area contributed by atoms with Gasteiger partial charge in [-0.1, -0.05) is 6.07 Å². The Morgan fingerprint density at radius 3 is 2.71 bits per heavy atom. The van der Waals surface area contributed by atoms with Crippen LogP contribution in [0.2, 0.25) is 0 Å². The van der Waals surface area contributed by atoms with Crippen molar-refractivity contribution < 1.29 is 25.0 Å². The molecule has 4 heterocycles. The highest BCUT2D eigenvalue weighted by Crippen LogP contribution is 2.34. The molecule has 38 heavy (non-hydrogen) atoms. The molecule has 2 saturated heterocycles. The molecule has 3 aromatic rings. The van der Waals surface area contributed by atoms with E-state index in [1.165, 1.54) is 16.8 Å². The largest absolute Gasteiger partial charge is 0.394 e. The van der Waals surface area contributed by atoms with Crippen molar-refractivity contribution in [3.63, 3.8) is 0 Å². The van der Waals surface area contributed by atoms with Crippen LogP contribution >= 0.6 is 0 Å². The highest BCUT2D eigenvalue weighted by molar-refractivity contribution is 5.84. The Labute approximate surface area is 214 Å². The molecular formula is C22H27N9O7. The molecule has 0 spiro atoms. The number of aromatic nitrogens is 4. The first kappa shape index (κ1) is 25.5. The van der Waals surface area contributed by atoms with Crippen molar-refractivity contribution in [3.05, 3.63) is 44.2 Å². The quantitative estimate of drug-likeness (QED) is 0.131. The van der Waals surface area contributed by atoms with E-state index in [2.05, 4.69) is 25.5 Å². The topological polar surface area (TPSA) is 230 Å². The SMILES string of the molecule is Nc1nc2c(nc(N/N=C/c3ccc(N4CCCCC4)c([N+](=O)[O-])c3)n2C2OC(CO)C(O)C2O)c(=O)[nH]1. The summed E-state index contributed by atoms with van der Waals surface area (Å²) in [5, 5.41) is 46.1. The minimum Gasteiger partial charge on any atom is -0.394 e. The van der Waals surface area contributed by atoms with E-state index in [9.17, 15) is 30.2 Å². The number of rotatable bonds is 7. The predicted molar refractivity (Wildman–Crippen MR) is 136 cm³/mol. The van der Waals surface area contributed by atoms with Crippen LogP contribution in [0.3, 0.4) is 0 Å². The number of piperidine rings is 1. The molecular weight excluding hydrogens is 502 g/mol. The Balaban J connectivity index is 1.47. The number of H-pyrrole nitrogens is 1. The number of benzene rings is 1. The molecule has 0 bridgehead atoms. The van der Waals surface area contributed by atoms with E-state index in [4.69, 9.17) is 10.5 Å². The monoisotopic (exact) mass is 529 g/mol.